The maximum Gasteiger partial charge on any atom is 0.118 e. The van der Waals surface area contributed by atoms with Crippen LogP contribution in [0.4, 0.5) is 0 Å². The predicted molar refractivity (Wildman–Crippen MR) is 78.6 cm³/mol. The standard InChI is InChI=1S/C16H26N2O2/c1-12-13(9-16(20-12)10-17-14-3-4-14)11-18(7-8-19-2)15-5-6-15/h9,14-15,17H,3-8,10-11H2,1-2H3. The lowest BCUT2D eigenvalue weighted by Gasteiger charge is -2.21. The van der Waals surface area contributed by atoms with Crippen molar-refractivity contribution in [3.63, 3.8) is 0 Å². The summed E-state index contributed by atoms with van der Waals surface area (Å²) in [5.41, 5.74) is 1.33. The third kappa shape index (κ3) is 3.84. The number of furan rings is 1. The quantitative estimate of drug-likeness (QED) is 0.753. The molecule has 0 unspecified atom stereocenters. The van der Waals surface area contributed by atoms with E-state index in [1.807, 2.05) is 0 Å². The second-order valence-corrected chi connectivity index (χ2v) is 6.14. The molecular weight excluding hydrogens is 252 g/mol. The van der Waals surface area contributed by atoms with Gasteiger partial charge in [0.2, 0.25) is 0 Å². The van der Waals surface area contributed by atoms with Crippen molar-refractivity contribution in [2.24, 2.45) is 0 Å². The van der Waals surface area contributed by atoms with Gasteiger partial charge < -0.3 is 14.5 Å². The minimum Gasteiger partial charge on any atom is -0.465 e. The molecule has 2 aliphatic rings. The highest BCUT2D eigenvalue weighted by Crippen LogP contribution is 2.29. The smallest absolute Gasteiger partial charge is 0.118 e. The van der Waals surface area contributed by atoms with Crippen LogP contribution in [-0.2, 0) is 17.8 Å². The minimum atomic E-state index is 0.730. The third-order valence-corrected chi connectivity index (χ3v) is 4.23. The fourth-order valence-corrected chi connectivity index (χ4v) is 2.62. The van der Waals surface area contributed by atoms with Crippen LogP contribution in [0.2, 0.25) is 0 Å². The molecule has 0 aliphatic heterocycles. The van der Waals surface area contributed by atoms with Crippen LogP contribution in [0.3, 0.4) is 0 Å². The Balaban J connectivity index is 1.56. The molecule has 4 heteroatoms. The van der Waals surface area contributed by atoms with Gasteiger partial charge in [0.15, 0.2) is 0 Å². The van der Waals surface area contributed by atoms with Crippen LogP contribution in [0.1, 0.15) is 42.8 Å². The lowest BCUT2D eigenvalue weighted by Crippen LogP contribution is -2.29. The van der Waals surface area contributed by atoms with Gasteiger partial charge in [0, 0.05) is 37.8 Å². The number of ether oxygens (including phenoxy) is 1. The van der Waals surface area contributed by atoms with E-state index in [0.717, 1.165) is 49.8 Å². The Bertz CT molecular complexity index is 436. The van der Waals surface area contributed by atoms with E-state index in [1.54, 1.807) is 7.11 Å². The average Bonchev–Trinajstić information content (AvgIpc) is 3.33. The van der Waals surface area contributed by atoms with E-state index in [0.29, 0.717) is 0 Å². The van der Waals surface area contributed by atoms with E-state index in [-0.39, 0.29) is 0 Å². The summed E-state index contributed by atoms with van der Waals surface area (Å²) in [5.74, 6) is 2.15. The molecule has 0 bridgehead atoms. The van der Waals surface area contributed by atoms with Gasteiger partial charge in [-0.1, -0.05) is 0 Å². The minimum absolute atomic E-state index is 0.730. The Morgan fingerprint density at radius 2 is 2.15 bits per heavy atom. The molecule has 1 heterocycles. The van der Waals surface area contributed by atoms with E-state index < -0.39 is 0 Å². The summed E-state index contributed by atoms with van der Waals surface area (Å²) in [6.45, 7) is 5.77. The molecule has 0 atom stereocenters. The fourth-order valence-electron chi connectivity index (χ4n) is 2.62. The van der Waals surface area contributed by atoms with Gasteiger partial charge >= 0.3 is 0 Å². The van der Waals surface area contributed by atoms with Crippen molar-refractivity contribution in [2.75, 3.05) is 20.3 Å². The Hall–Kier alpha value is -0.840. The zero-order chi connectivity index (χ0) is 13.9. The summed E-state index contributed by atoms with van der Waals surface area (Å²) in [5, 5.41) is 3.51. The molecule has 20 heavy (non-hydrogen) atoms. The molecule has 0 radical (unpaired) electrons. The van der Waals surface area contributed by atoms with E-state index >= 15 is 0 Å². The van der Waals surface area contributed by atoms with E-state index in [4.69, 9.17) is 9.15 Å². The molecule has 1 aromatic rings. The van der Waals surface area contributed by atoms with Gasteiger partial charge in [0.1, 0.15) is 11.5 Å². The SMILES string of the molecule is COCCN(Cc1cc(CNC2CC2)oc1C)C1CC1. The fraction of sp³-hybridized carbons (Fsp3) is 0.750. The first-order valence-electron chi connectivity index (χ1n) is 7.81. The molecule has 2 saturated carbocycles. The zero-order valence-electron chi connectivity index (χ0n) is 12.7. The van der Waals surface area contributed by atoms with Gasteiger partial charge in [0.25, 0.3) is 0 Å². The van der Waals surface area contributed by atoms with Crippen LogP contribution >= 0.6 is 0 Å². The Morgan fingerprint density at radius 3 is 2.80 bits per heavy atom. The normalized spacial score (nSPS) is 18.9. The predicted octanol–water partition coefficient (Wildman–Crippen LogP) is 2.45. The highest BCUT2D eigenvalue weighted by Gasteiger charge is 2.29. The molecule has 0 saturated heterocycles. The Labute approximate surface area is 121 Å². The molecule has 1 aromatic heterocycles. The van der Waals surface area contributed by atoms with Crippen LogP contribution in [0, 0.1) is 6.92 Å². The van der Waals surface area contributed by atoms with Crippen LogP contribution in [0.5, 0.6) is 0 Å². The topological polar surface area (TPSA) is 37.6 Å². The van der Waals surface area contributed by atoms with Crippen molar-refractivity contribution in [3.8, 4) is 0 Å². The highest BCUT2D eigenvalue weighted by molar-refractivity contribution is 5.21. The molecule has 4 nitrogen and oxygen atoms in total. The lowest BCUT2D eigenvalue weighted by molar-refractivity contribution is 0.139. The second-order valence-electron chi connectivity index (χ2n) is 6.14. The van der Waals surface area contributed by atoms with Crippen LogP contribution in [-0.4, -0.2) is 37.2 Å². The maximum absolute atomic E-state index is 5.88. The van der Waals surface area contributed by atoms with Crippen molar-refractivity contribution in [2.45, 2.75) is 57.8 Å². The van der Waals surface area contributed by atoms with Crippen molar-refractivity contribution in [1.29, 1.82) is 0 Å². The van der Waals surface area contributed by atoms with Crippen LogP contribution in [0.25, 0.3) is 0 Å². The van der Waals surface area contributed by atoms with E-state index in [2.05, 4.69) is 23.2 Å². The molecule has 112 valence electrons. The number of aryl methyl sites for hydroxylation is 1. The average molecular weight is 278 g/mol. The summed E-state index contributed by atoms with van der Waals surface area (Å²) in [6.07, 6.45) is 5.30. The number of hydrogen-bond donors (Lipinski definition) is 1. The number of methoxy groups -OCH3 is 1. The summed E-state index contributed by atoms with van der Waals surface area (Å²) in [6, 6.07) is 3.72. The second kappa shape index (κ2) is 6.29. The summed E-state index contributed by atoms with van der Waals surface area (Å²) in [4.78, 5) is 2.53. The monoisotopic (exact) mass is 278 g/mol. The first-order valence-corrected chi connectivity index (χ1v) is 7.81. The molecule has 0 amide bonds. The first-order chi connectivity index (χ1) is 9.76. The van der Waals surface area contributed by atoms with Crippen LogP contribution < -0.4 is 5.32 Å². The van der Waals surface area contributed by atoms with Crippen LogP contribution in [0.15, 0.2) is 10.5 Å². The molecule has 3 rings (SSSR count). The number of rotatable bonds is 9. The van der Waals surface area contributed by atoms with E-state index in [9.17, 15) is 0 Å². The summed E-state index contributed by atoms with van der Waals surface area (Å²) in [7, 11) is 1.77. The molecule has 2 aliphatic carbocycles. The molecular formula is C16H26N2O2. The van der Waals surface area contributed by atoms with Gasteiger partial charge in [-0.2, -0.15) is 0 Å². The number of nitrogens with zero attached hydrogens (tertiary/aromatic N) is 1. The third-order valence-electron chi connectivity index (χ3n) is 4.23. The maximum atomic E-state index is 5.88. The first kappa shape index (κ1) is 14.1. The lowest BCUT2D eigenvalue weighted by atomic mass is 10.2. The molecule has 0 aromatic carbocycles. The molecule has 0 spiro atoms. The van der Waals surface area contributed by atoms with Gasteiger partial charge in [0.05, 0.1) is 13.2 Å². The Kier molecular flexibility index (Phi) is 4.44. The number of nitrogens with one attached hydrogen (secondary N) is 1. The van der Waals surface area contributed by atoms with Crippen molar-refractivity contribution in [3.05, 3.63) is 23.2 Å². The summed E-state index contributed by atoms with van der Waals surface area (Å²) >= 11 is 0. The van der Waals surface area contributed by atoms with Crippen molar-refractivity contribution < 1.29 is 9.15 Å². The summed E-state index contributed by atoms with van der Waals surface area (Å²) < 4.78 is 11.1. The van der Waals surface area contributed by atoms with Crippen molar-refractivity contribution >= 4 is 0 Å². The highest BCUT2D eigenvalue weighted by atomic mass is 16.5. The Morgan fingerprint density at radius 1 is 1.35 bits per heavy atom. The number of hydrogen-bond acceptors (Lipinski definition) is 4. The van der Waals surface area contributed by atoms with Gasteiger partial charge in [-0.3, -0.25) is 4.90 Å². The zero-order valence-corrected chi connectivity index (χ0v) is 12.7. The molecule has 2 fully saturated rings. The largest absolute Gasteiger partial charge is 0.465 e. The molecule has 1 N–H and O–H groups in total. The van der Waals surface area contributed by atoms with Gasteiger partial charge in [-0.15, -0.1) is 0 Å². The van der Waals surface area contributed by atoms with Gasteiger partial charge in [-0.05, 0) is 38.7 Å². The van der Waals surface area contributed by atoms with Gasteiger partial charge in [-0.25, -0.2) is 0 Å². The van der Waals surface area contributed by atoms with Crippen molar-refractivity contribution in [1.82, 2.24) is 10.2 Å². The van der Waals surface area contributed by atoms with E-state index in [1.165, 1.54) is 31.2 Å².